The summed E-state index contributed by atoms with van der Waals surface area (Å²) in [6.07, 6.45) is 9.46. The molecular weight excluding hydrogens is 354 g/mol. The van der Waals surface area contributed by atoms with Crippen LogP contribution in [0.25, 0.3) is 0 Å². The predicted octanol–water partition coefficient (Wildman–Crippen LogP) is 4.57. The van der Waals surface area contributed by atoms with Gasteiger partial charge < -0.3 is 14.8 Å². The maximum atomic E-state index is 11.3. The van der Waals surface area contributed by atoms with Crippen LogP contribution in [0.5, 0.6) is 0 Å². The lowest BCUT2D eigenvalue weighted by atomic mass is 10.0. The molecule has 0 saturated carbocycles. The molecule has 0 saturated heterocycles. The number of hydrogen-bond donors (Lipinski definition) is 1. The minimum absolute atomic E-state index is 0.0936. The van der Waals surface area contributed by atoms with E-state index in [0.29, 0.717) is 19.4 Å². The maximum absolute atomic E-state index is 11.3. The topological polar surface area (TPSA) is 64.6 Å². The van der Waals surface area contributed by atoms with Crippen LogP contribution in [-0.4, -0.2) is 32.2 Å². The highest BCUT2D eigenvalue weighted by molar-refractivity contribution is 5.69. The van der Waals surface area contributed by atoms with Crippen molar-refractivity contribution in [3.63, 3.8) is 0 Å². The summed E-state index contributed by atoms with van der Waals surface area (Å²) in [5.41, 5.74) is 2.63. The molecule has 0 unspecified atom stereocenters. The Morgan fingerprint density at radius 1 is 0.893 bits per heavy atom. The van der Waals surface area contributed by atoms with Crippen molar-refractivity contribution in [2.75, 3.05) is 20.3 Å². The zero-order valence-electron chi connectivity index (χ0n) is 17.6. The van der Waals surface area contributed by atoms with E-state index < -0.39 is 0 Å². The van der Waals surface area contributed by atoms with Crippen LogP contribution in [0.1, 0.15) is 75.8 Å². The van der Waals surface area contributed by atoms with Gasteiger partial charge in [0.1, 0.15) is 0 Å². The van der Waals surface area contributed by atoms with Gasteiger partial charge in [0.2, 0.25) is 0 Å². The fraction of sp³-hybridized carbons (Fsp3) is 0.652. The summed E-state index contributed by atoms with van der Waals surface area (Å²) >= 11 is 0. The van der Waals surface area contributed by atoms with Gasteiger partial charge in [-0.1, -0.05) is 43.5 Å². The van der Waals surface area contributed by atoms with Crippen molar-refractivity contribution in [3.05, 3.63) is 35.4 Å². The summed E-state index contributed by atoms with van der Waals surface area (Å²) in [5.74, 6) is -0.202. The van der Waals surface area contributed by atoms with E-state index in [1.54, 1.807) is 0 Å². The van der Waals surface area contributed by atoms with Gasteiger partial charge in [-0.25, -0.2) is 0 Å². The first-order chi connectivity index (χ1) is 13.7. The van der Waals surface area contributed by atoms with Crippen molar-refractivity contribution in [1.82, 2.24) is 5.32 Å². The number of ether oxygens (including phenoxy) is 2. The number of carbonyl (C=O) groups is 2. The Balaban J connectivity index is 2.07. The number of esters is 2. The van der Waals surface area contributed by atoms with Gasteiger partial charge in [-0.05, 0) is 56.7 Å². The lowest BCUT2D eigenvalue weighted by Gasteiger charge is -2.08. The molecule has 1 aromatic rings. The molecule has 28 heavy (non-hydrogen) atoms. The molecule has 0 aromatic heterocycles. The second-order valence-electron chi connectivity index (χ2n) is 7.10. The second-order valence-corrected chi connectivity index (χ2v) is 7.10. The highest BCUT2D eigenvalue weighted by Crippen LogP contribution is 2.11. The van der Waals surface area contributed by atoms with E-state index in [1.807, 2.05) is 6.92 Å². The molecule has 0 aliphatic rings. The Bertz CT molecular complexity index is 559. The van der Waals surface area contributed by atoms with E-state index in [2.05, 4.69) is 34.3 Å². The van der Waals surface area contributed by atoms with E-state index in [0.717, 1.165) is 51.6 Å². The van der Waals surface area contributed by atoms with Crippen molar-refractivity contribution in [2.45, 2.75) is 77.7 Å². The molecule has 1 rings (SSSR count). The van der Waals surface area contributed by atoms with E-state index in [-0.39, 0.29) is 11.9 Å². The van der Waals surface area contributed by atoms with Crippen LogP contribution in [0.3, 0.4) is 0 Å². The number of benzene rings is 1. The average Bonchev–Trinajstić information content (AvgIpc) is 2.70. The number of nitrogens with one attached hydrogen (secondary N) is 1. The Morgan fingerprint density at radius 2 is 1.57 bits per heavy atom. The Morgan fingerprint density at radius 3 is 2.36 bits per heavy atom. The van der Waals surface area contributed by atoms with Gasteiger partial charge in [-0.2, -0.15) is 0 Å². The second kappa shape index (κ2) is 16.1. The minimum Gasteiger partial charge on any atom is -0.469 e. The largest absolute Gasteiger partial charge is 0.469 e. The fourth-order valence-corrected chi connectivity index (χ4v) is 3.11. The number of methoxy groups -OCH3 is 1. The Hall–Kier alpha value is -1.88. The summed E-state index contributed by atoms with van der Waals surface area (Å²) < 4.78 is 9.59. The van der Waals surface area contributed by atoms with Crippen molar-refractivity contribution in [1.29, 1.82) is 0 Å². The summed E-state index contributed by atoms with van der Waals surface area (Å²) in [7, 11) is 1.44. The molecule has 0 atom stereocenters. The summed E-state index contributed by atoms with van der Waals surface area (Å²) in [6, 6.07) is 8.67. The van der Waals surface area contributed by atoms with E-state index in [9.17, 15) is 9.59 Å². The number of hydrogen-bond acceptors (Lipinski definition) is 5. The number of rotatable bonds is 16. The lowest BCUT2D eigenvalue weighted by molar-refractivity contribution is -0.143. The summed E-state index contributed by atoms with van der Waals surface area (Å²) in [6.45, 7) is 4.20. The van der Waals surface area contributed by atoms with Gasteiger partial charge in [-0.3, -0.25) is 9.59 Å². The molecule has 158 valence electrons. The summed E-state index contributed by atoms with van der Waals surface area (Å²) in [5, 5.41) is 3.51. The monoisotopic (exact) mass is 391 g/mol. The van der Waals surface area contributed by atoms with Crippen LogP contribution in [0.2, 0.25) is 0 Å². The highest BCUT2D eigenvalue weighted by atomic mass is 16.5. The van der Waals surface area contributed by atoms with Crippen molar-refractivity contribution in [3.8, 4) is 0 Å². The third kappa shape index (κ3) is 12.5. The third-order valence-electron chi connectivity index (χ3n) is 4.68. The lowest BCUT2D eigenvalue weighted by Crippen LogP contribution is -2.14. The molecule has 5 heteroatoms. The van der Waals surface area contributed by atoms with Gasteiger partial charge in [0.15, 0.2) is 0 Å². The molecule has 1 aromatic carbocycles. The van der Waals surface area contributed by atoms with Crippen LogP contribution in [0.4, 0.5) is 0 Å². The number of unbranched alkanes of at least 4 members (excludes halogenated alkanes) is 5. The SMILES string of the molecule is CCOC(=O)CCCCc1cccc(CNCCCCCCCC(=O)OC)c1. The number of carbonyl (C=O) groups excluding carboxylic acids is 2. The quantitative estimate of drug-likeness (QED) is 0.330. The van der Waals surface area contributed by atoms with Gasteiger partial charge in [0.25, 0.3) is 0 Å². The zero-order valence-corrected chi connectivity index (χ0v) is 17.6. The van der Waals surface area contributed by atoms with Crippen molar-refractivity contribution < 1.29 is 19.1 Å². The van der Waals surface area contributed by atoms with E-state index in [1.165, 1.54) is 31.1 Å². The molecule has 1 N–H and O–H groups in total. The molecule has 0 heterocycles. The first kappa shape index (κ1) is 24.2. The molecule has 0 bridgehead atoms. The first-order valence-corrected chi connectivity index (χ1v) is 10.7. The molecule has 0 amide bonds. The smallest absolute Gasteiger partial charge is 0.305 e. The van der Waals surface area contributed by atoms with Crippen LogP contribution in [0.15, 0.2) is 24.3 Å². The van der Waals surface area contributed by atoms with Crippen LogP contribution >= 0.6 is 0 Å². The fourth-order valence-electron chi connectivity index (χ4n) is 3.11. The predicted molar refractivity (Wildman–Crippen MR) is 112 cm³/mol. The van der Waals surface area contributed by atoms with Gasteiger partial charge >= 0.3 is 11.9 Å². The highest BCUT2D eigenvalue weighted by Gasteiger charge is 2.02. The average molecular weight is 392 g/mol. The molecule has 5 nitrogen and oxygen atoms in total. The van der Waals surface area contributed by atoms with E-state index in [4.69, 9.17) is 4.74 Å². The maximum Gasteiger partial charge on any atom is 0.305 e. The standard InChI is InChI=1S/C23H37NO4/c1-3-28-23(26)16-9-8-12-20-13-11-14-21(18-20)19-24-17-10-6-4-5-7-15-22(25)27-2/h11,13-14,18,24H,3-10,12,15-17,19H2,1-2H3. The van der Waals surface area contributed by atoms with Gasteiger partial charge in [0.05, 0.1) is 13.7 Å². The third-order valence-corrected chi connectivity index (χ3v) is 4.68. The van der Waals surface area contributed by atoms with Crippen molar-refractivity contribution >= 4 is 11.9 Å². The Labute approximate surface area is 170 Å². The zero-order chi connectivity index (χ0) is 20.5. The van der Waals surface area contributed by atoms with Gasteiger partial charge in [0, 0.05) is 19.4 Å². The van der Waals surface area contributed by atoms with Gasteiger partial charge in [-0.15, -0.1) is 0 Å². The van der Waals surface area contributed by atoms with Crippen LogP contribution < -0.4 is 5.32 Å². The summed E-state index contributed by atoms with van der Waals surface area (Å²) in [4.78, 5) is 22.4. The molecule has 0 fully saturated rings. The molecule has 0 aliphatic carbocycles. The minimum atomic E-state index is -0.108. The molecule has 0 aliphatic heterocycles. The van der Waals surface area contributed by atoms with Crippen LogP contribution in [-0.2, 0) is 32.0 Å². The first-order valence-electron chi connectivity index (χ1n) is 10.7. The number of aryl methyl sites for hydroxylation is 1. The Kier molecular flexibility index (Phi) is 13.9. The molecular formula is C23H37NO4. The van der Waals surface area contributed by atoms with E-state index >= 15 is 0 Å². The molecule has 0 spiro atoms. The van der Waals surface area contributed by atoms with Crippen LogP contribution in [0, 0.1) is 0 Å². The molecule has 0 radical (unpaired) electrons. The normalized spacial score (nSPS) is 10.6. The van der Waals surface area contributed by atoms with Crippen molar-refractivity contribution in [2.24, 2.45) is 0 Å².